The Morgan fingerprint density at radius 3 is 2.24 bits per heavy atom. The lowest BCUT2D eigenvalue weighted by atomic mass is 9.53. The zero-order valence-electron chi connectivity index (χ0n) is 17.3. The number of para-hydroxylation sites is 2. The van der Waals surface area contributed by atoms with E-state index in [9.17, 15) is 10.1 Å². The Morgan fingerprint density at radius 1 is 1.10 bits per heavy atom. The first kappa shape index (κ1) is 18.8. The van der Waals surface area contributed by atoms with Crippen molar-refractivity contribution in [2.75, 3.05) is 17.2 Å². The van der Waals surface area contributed by atoms with Crippen LogP contribution in [0, 0.1) is 35.0 Å². The van der Waals surface area contributed by atoms with Crippen molar-refractivity contribution in [2.24, 2.45) is 23.7 Å². The zero-order valence-corrected chi connectivity index (χ0v) is 17.3. The second kappa shape index (κ2) is 6.93. The lowest BCUT2D eigenvalue weighted by Gasteiger charge is -2.57. The molecule has 1 atom stereocenters. The third-order valence-electron chi connectivity index (χ3n) is 7.83. The second-order valence-corrected chi connectivity index (χ2v) is 10.4. The first-order chi connectivity index (χ1) is 14.0. The zero-order chi connectivity index (χ0) is 20.1. The van der Waals surface area contributed by atoms with Gasteiger partial charge in [-0.2, -0.15) is 5.26 Å². The van der Waals surface area contributed by atoms with Crippen LogP contribution in [0.4, 0.5) is 11.4 Å². The van der Waals surface area contributed by atoms with Gasteiger partial charge >= 0.3 is 0 Å². The quantitative estimate of drug-likeness (QED) is 0.647. The Bertz CT molecular complexity index is 804. The molecule has 154 valence electrons. The van der Waals surface area contributed by atoms with Crippen molar-refractivity contribution in [2.45, 2.75) is 69.4 Å². The molecule has 5 heteroatoms. The summed E-state index contributed by atoms with van der Waals surface area (Å²) < 4.78 is 0. The fourth-order valence-corrected chi connectivity index (χ4v) is 6.69. The van der Waals surface area contributed by atoms with Crippen LogP contribution in [0.25, 0.3) is 0 Å². The van der Waals surface area contributed by atoms with Crippen molar-refractivity contribution >= 4 is 17.3 Å². The highest BCUT2D eigenvalue weighted by Gasteiger charge is 2.51. The molecule has 5 aliphatic rings. The predicted octanol–water partition coefficient (Wildman–Crippen LogP) is 4.29. The van der Waals surface area contributed by atoms with E-state index in [2.05, 4.69) is 34.2 Å². The highest BCUT2D eigenvalue weighted by atomic mass is 16.2. The molecule has 1 aromatic carbocycles. The highest BCUT2D eigenvalue weighted by molar-refractivity contribution is 5.83. The normalized spacial score (nSPS) is 34.1. The van der Waals surface area contributed by atoms with Gasteiger partial charge in [0, 0.05) is 5.54 Å². The average molecular weight is 393 g/mol. The minimum Gasteiger partial charge on any atom is -0.378 e. The number of benzene rings is 1. The molecular formula is C24H32N4O. The van der Waals surface area contributed by atoms with Gasteiger partial charge in [0.15, 0.2) is 0 Å². The minimum absolute atomic E-state index is 0.120. The van der Waals surface area contributed by atoms with E-state index >= 15 is 0 Å². The smallest absolute Gasteiger partial charge is 0.240 e. The Balaban J connectivity index is 1.24. The largest absolute Gasteiger partial charge is 0.378 e. The number of carbonyl (C=O) groups excluding carboxylic acids is 1. The molecule has 4 bridgehead atoms. The molecule has 0 aromatic heterocycles. The number of carbonyl (C=O) groups is 1. The number of amides is 1. The number of hydrogen-bond acceptors (Lipinski definition) is 4. The fourth-order valence-electron chi connectivity index (χ4n) is 6.69. The number of nitrogens with zero attached hydrogens (tertiary/aromatic N) is 1. The average Bonchev–Trinajstić information content (AvgIpc) is 3.52. The van der Waals surface area contributed by atoms with Crippen LogP contribution < -0.4 is 16.0 Å². The van der Waals surface area contributed by atoms with E-state index in [1.165, 1.54) is 38.5 Å². The van der Waals surface area contributed by atoms with Crippen LogP contribution in [-0.2, 0) is 4.79 Å². The maximum Gasteiger partial charge on any atom is 0.240 e. The second-order valence-electron chi connectivity index (χ2n) is 10.4. The SMILES string of the molecule is CC(C#N)(NC(=O)CNc1ccccc1NC12CC3CC(CC(C3)C1)C2)C1CC1. The summed E-state index contributed by atoms with van der Waals surface area (Å²) in [5.41, 5.74) is 1.58. The Kier molecular flexibility index (Phi) is 4.49. The van der Waals surface area contributed by atoms with Gasteiger partial charge in [0.25, 0.3) is 0 Å². The summed E-state index contributed by atoms with van der Waals surface area (Å²) in [7, 11) is 0. The van der Waals surface area contributed by atoms with Crippen LogP contribution in [0.1, 0.15) is 58.3 Å². The van der Waals surface area contributed by atoms with Gasteiger partial charge in [0.2, 0.25) is 5.91 Å². The molecule has 5 nitrogen and oxygen atoms in total. The maximum atomic E-state index is 12.5. The van der Waals surface area contributed by atoms with Gasteiger partial charge in [-0.15, -0.1) is 0 Å². The summed E-state index contributed by atoms with van der Waals surface area (Å²) in [6, 6.07) is 10.5. The standard InChI is InChI=1S/C24H32N4O/c1-23(15-25,19-6-7-19)28-22(29)14-26-20-4-2-3-5-21(20)27-24-11-16-8-17(12-24)10-18(9-16)13-24/h2-5,16-19,26-27H,6-14H2,1H3,(H,28,29). The van der Waals surface area contributed by atoms with E-state index in [1.54, 1.807) is 0 Å². The number of nitriles is 1. The molecular weight excluding hydrogens is 360 g/mol. The number of anilines is 2. The molecule has 0 aliphatic heterocycles. The van der Waals surface area contributed by atoms with Crippen molar-refractivity contribution in [3.05, 3.63) is 24.3 Å². The van der Waals surface area contributed by atoms with Gasteiger partial charge in [-0.3, -0.25) is 4.79 Å². The van der Waals surface area contributed by atoms with Gasteiger partial charge in [0.05, 0.1) is 24.0 Å². The lowest BCUT2D eigenvalue weighted by Crippen LogP contribution is -2.54. The fraction of sp³-hybridized carbons (Fsp3) is 0.667. The van der Waals surface area contributed by atoms with Crippen molar-refractivity contribution in [3.63, 3.8) is 0 Å². The van der Waals surface area contributed by atoms with Crippen molar-refractivity contribution < 1.29 is 4.79 Å². The van der Waals surface area contributed by atoms with E-state index < -0.39 is 5.54 Å². The number of hydrogen-bond donors (Lipinski definition) is 3. The molecule has 0 heterocycles. The molecule has 1 amide bonds. The Morgan fingerprint density at radius 2 is 1.69 bits per heavy atom. The third-order valence-corrected chi connectivity index (χ3v) is 7.83. The Hall–Kier alpha value is -2.22. The molecule has 5 saturated carbocycles. The van der Waals surface area contributed by atoms with Crippen LogP contribution in [0.5, 0.6) is 0 Å². The molecule has 5 aliphatic carbocycles. The third kappa shape index (κ3) is 3.70. The summed E-state index contributed by atoms with van der Waals surface area (Å²) in [5, 5.41) is 19.6. The molecule has 1 aromatic rings. The predicted molar refractivity (Wildman–Crippen MR) is 114 cm³/mol. The maximum absolute atomic E-state index is 12.5. The summed E-state index contributed by atoms with van der Waals surface area (Å²) in [4.78, 5) is 12.5. The van der Waals surface area contributed by atoms with Crippen LogP contribution in [0.2, 0.25) is 0 Å². The van der Waals surface area contributed by atoms with Gasteiger partial charge in [-0.05, 0) is 94.1 Å². The van der Waals surface area contributed by atoms with Crippen molar-refractivity contribution in [1.29, 1.82) is 5.26 Å². The van der Waals surface area contributed by atoms with E-state index in [0.29, 0.717) is 5.92 Å². The monoisotopic (exact) mass is 392 g/mol. The van der Waals surface area contributed by atoms with E-state index in [-0.39, 0.29) is 18.0 Å². The van der Waals surface area contributed by atoms with Gasteiger partial charge in [-0.25, -0.2) is 0 Å². The first-order valence-electron chi connectivity index (χ1n) is 11.3. The first-order valence-corrected chi connectivity index (χ1v) is 11.3. The van der Waals surface area contributed by atoms with Crippen molar-refractivity contribution in [3.8, 4) is 6.07 Å². The lowest BCUT2D eigenvalue weighted by molar-refractivity contribution is -0.120. The highest BCUT2D eigenvalue weighted by Crippen LogP contribution is 2.56. The van der Waals surface area contributed by atoms with Gasteiger partial charge in [0.1, 0.15) is 5.54 Å². The summed E-state index contributed by atoms with van der Waals surface area (Å²) in [5.74, 6) is 2.86. The van der Waals surface area contributed by atoms with Crippen molar-refractivity contribution in [1.82, 2.24) is 5.32 Å². The van der Waals surface area contributed by atoms with Gasteiger partial charge in [-0.1, -0.05) is 12.1 Å². The van der Waals surface area contributed by atoms with Crippen LogP contribution in [0.3, 0.4) is 0 Å². The van der Waals surface area contributed by atoms with E-state index in [1.807, 2.05) is 19.1 Å². The van der Waals surface area contributed by atoms with Crippen LogP contribution >= 0.6 is 0 Å². The molecule has 5 fully saturated rings. The summed E-state index contributed by atoms with van der Waals surface area (Å²) in [6.07, 6.45) is 10.2. The molecule has 0 spiro atoms. The summed E-state index contributed by atoms with van der Waals surface area (Å²) in [6.45, 7) is 2.02. The Labute approximate surface area is 173 Å². The molecule has 29 heavy (non-hydrogen) atoms. The molecule has 0 radical (unpaired) electrons. The summed E-state index contributed by atoms with van der Waals surface area (Å²) >= 11 is 0. The van der Waals surface area contributed by atoms with Crippen LogP contribution in [-0.4, -0.2) is 23.5 Å². The van der Waals surface area contributed by atoms with Gasteiger partial charge < -0.3 is 16.0 Å². The number of nitrogens with one attached hydrogen (secondary N) is 3. The van der Waals surface area contributed by atoms with Crippen LogP contribution in [0.15, 0.2) is 24.3 Å². The molecule has 3 N–H and O–H groups in total. The van der Waals surface area contributed by atoms with E-state index in [4.69, 9.17) is 0 Å². The van der Waals surface area contributed by atoms with E-state index in [0.717, 1.165) is 42.0 Å². The molecule has 6 rings (SSSR count). The number of rotatable bonds is 7. The molecule has 1 unspecified atom stereocenters. The minimum atomic E-state index is -0.740. The topological polar surface area (TPSA) is 77.0 Å². The molecule has 0 saturated heterocycles.